The molecule has 1 fully saturated rings. The van der Waals surface area contributed by atoms with Crippen LogP contribution in [-0.2, 0) is 16.1 Å². The second kappa shape index (κ2) is 12.6. The maximum atomic E-state index is 12.3. The van der Waals surface area contributed by atoms with Crippen LogP contribution in [0.25, 0.3) is 17.1 Å². The van der Waals surface area contributed by atoms with E-state index >= 15 is 0 Å². The van der Waals surface area contributed by atoms with Gasteiger partial charge in [-0.05, 0) is 26.2 Å². The summed E-state index contributed by atoms with van der Waals surface area (Å²) in [6, 6.07) is 15.6. The first-order valence-corrected chi connectivity index (χ1v) is 13.3. The summed E-state index contributed by atoms with van der Waals surface area (Å²) < 4.78 is 13.0. The van der Waals surface area contributed by atoms with Gasteiger partial charge in [-0.25, -0.2) is 9.67 Å². The molecule has 0 radical (unpaired) electrons. The lowest BCUT2D eigenvalue weighted by molar-refractivity contribution is -0.111. The fraction of sp³-hybridized carbons (Fsp3) is 0.267. The first-order valence-electron chi connectivity index (χ1n) is 13.3. The Hall–Kier alpha value is -4.74. The normalized spacial score (nSPS) is 13.2. The largest absolute Gasteiger partial charge is 0.494 e. The van der Waals surface area contributed by atoms with Crippen molar-refractivity contribution >= 4 is 28.9 Å². The van der Waals surface area contributed by atoms with Crippen molar-refractivity contribution in [1.82, 2.24) is 24.6 Å². The van der Waals surface area contributed by atoms with Crippen LogP contribution in [0, 0.1) is 0 Å². The lowest BCUT2D eigenvalue weighted by Crippen LogP contribution is -2.36. The number of ether oxygens (including phenoxy) is 2. The molecule has 0 aliphatic carbocycles. The molecule has 0 saturated carbocycles. The SMILES string of the molecule is C=CC(=O)Nc1cc(Nc2nccc(-n3cc(CN(C)C)c(-c4ccccc4)n3)n2)c(OC)cc1N1CCOCC1. The van der Waals surface area contributed by atoms with E-state index in [0.717, 1.165) is 29.1 Å². The minimum atomic E-state index is -0.310. The average Bonchev–Trinajstić information content (AvgIpc) is 3.41. The number of hydrogen-bond donors (Lipinski definition) is 2. The Morgan fingerprint density at radius 2 is 1.93 bits per heavy atom. The number of aromatic nitrogens is 4. The van der Waals surface area contributed by atoms with Gasteiger partial charge in [0, 0.05) is 55.3 Å². The lowest BCUT2D eigenvalue weighted by atomic mass is 10.1. The summed E-state index contributed by atoms with van der Waals surface area (Å²) in [6.07, 6.45) is 4.91. The second-order valence-electron chi connectivity index (χ2n) is 9.78. The number of rotatable bonds is 10. The first-order chi connectivity index (χ1) is 19.9. The van der Waals surface area contributed by atoms with Gasteiger partial charge in [-0.15, -0.1) is 0 Å². The van der Waals surface area contributed by atoms with Gasteiger partial charge >= 0.3 is 0 Å². The van der Waals surface area contributed by atoms with E-state index in [1.54, 1.807) is 24.1 Å². The molecule has 2 N–H and O–H groups in total. The summed E-state index contributed by atoms with van der Waals surface area (Å²) in [5.74, 6) is 1.23. The lowest BCUT2D eigenvalue weighted by Gasteiger charge is -2.31. The van der Waals surface area contributed by atoms with E-state index < -0.39 is 0 Å². The smallest absolute Gasteiger partial charge is 0.247 e. The number of benzene rings is 2. The third kappa shape index (κ3) is 6.53. The molecule has 1 saturated heterocycles. The molecule has 212 valence electrons. The van der Waals surface area contributed by atoms with E-state index in [9.17, 15) is 4.79 Å². The number of methoxy groups -OCH3 is 1. The standard InChI is InChI=1S/C30H34N8O3/c1-5-28(39)32-23-17-24(26(40-4)18-25(23)37-13-15-41-16-14-37)33-30-31-12-11-27(34-30)38-20-22(19-36(2)3)29(35-38)21-9-7-6-8-10-21/h5-12,17-18,20H,1,13-16,19H2,2-4H3,(H,32,39)(H,31,33,34). The number of amides is 1. The highest BCUT2D eigenvalue weighted by molar-refractivity contribution is 6.02. The first kappa shape index (κ1) is 27.8. The minimum Gasteiger partial charge on any atom is -0.494 e. The van der Waals surface area contributed by atoms with E-state index in [-0.39, 0.29) is 5.91 Å². The highest BCUT2D eigenvalue weighted by atomic mass is 16.5. The third-order valence-electron chi connectivity index (χ3n) is 6.56. The van der Waals surface area contributed by atoms with Gasteiger partial charge in [0.25, 0.3) is 0 Å². The van der Waals surface area contributed by atoms with Crippen LogP contribution >= 0.6 is 0 Å². The Kier molecular flexibility index (Phi) is 8.56. The van der Waals surface area contributed by atoms with Crippen LogP contribution in [0.4, 0.5) is 23.0 Å². The van der Waals surface area contributed by atoms with Gasteiger partial charge in [0.15, 0.2) is 5.82 Å². The molecule has 2 aromatic heterocycles. The van der Waals surface area contributed by atoms with Crippen molar-refractivity contribution in [3.05, 3.63) is 79.1 Å². The molecule has 1 aliphatic heterocycles. The van der Waals surface area contributed by atoms with E-state index in [0.29, 0.717) is 55.2 Å². The van der Waals surface area contributed by atoms with Gasteiger partial charge in [-0.2, -0.15) is 10.1 Å². The van der Waals surface area contributed by atoms with Gasteiger partial charge < -0.3 is 29.9 Å². The van der Waals surface area contributed by atoms with Gasteiger partial charge in [0.2, 0.25) is 11.9 Å². The van der Waals surface area contributed by atoms with Crippen LogP contribution in [0.3, 0.4) is 0 Å². The topological polar surface area (TPSA) is 110 Å². The molecule has 0 spiro atoms. The van der Waals surface area contributed by atoms with E-state index in [1.807, 2.05) is 62.8 Å². The van der Waals surface area contributed by atoms with Crippen molar-refractivity contribution in [2.75, 3.05) is 63.0 Å². The number of hydrogen-bond acceptors (Lipinski definition) is 9. The molecular formula is C30H34N8O3. The van der Waals surface area contributed by atoms with Crippen molar-refractivity contribution in [2.24, 2.45) is 0 Å². The number of anilines is 4. The van der Waals surface area contributed by atoms with Crippen LogP contribution in [0.15, 0.2) is 73.6 Å². The molecule has 1 amide bonds. The highest BCUT2D eigenvalue weighted by Crippen LogP contribution is 2.38. The number of nitrogens with zero attached hydrogens (tertiary/aromatic N) is 6. The van der Waals surface area contributed by atoms with Crippen molar-refractivity contribution in [3.63, 3.8) is 0 Å². The Bertz CT molecular complexity index is 1510. The number of nitrogens with one attached hydrogen (secondary N) is 2. The second-order valence-corrected chi connectivity index (χ2v) is 9.78. The predicted molar refractivity (Wildman–Crippen MR) is 160 cm³/mol. The fourth-order valence-electron chi connectivity index (χ4n) is 4.67. The molecule has 1 aliphatic rings. The van der Waals surface area contributed by atoms with Crippen LogP contribution in [-0.4, -0.2) is 78.1 Å². The molecule has 0 atom stereocenters. The Morgan fingerprint density at radius 3 is 2.63 bits per heavy atom. The van der Waals surface area contributed by atoms with Crippen LogP contribution in [0.1, 0.15) is 5.56 Å². The van der Waals surface area contributed by atoms with E-state index in [2.05, 4.69) is 32.0 Å². The van der Waals surface area contributed by atoms with Crippen molar-refractivity contribution < 1.29 is 14.3 Å². The number of carbonyl (C=O) groups excluding carboxylic acids is 1. The summed E-state index contributed by atoms with van der Waals surface area (Å²) in [5.41, 5.74) is 5.06. The average molecular weight is 555 g/mol. The molecule has 0 unspecified atom stereocenters. The van der Waals surface area contributed by atoms with Gasteiger partial charge in [-0.3, -0.25) is 4.79 Å². The zero-order valence-electron chi connectivity index (χ0n) is 23.5. The third-order valence-corrected chi connectivity index (χ3v) is 6.56. The fourth-order valence-corrected chi connectivity index (χ4v) is 4.67. The van der Waals surface area contributed by atoms with Crippen LogP contribution < -0.4 is 20.3 Å². The summed E-state index contributed by atoms with van der Waals surface area (Å²) in [5, 5.41) is 11.1. The monoisotopic (exact) mass is 554 g/mol. The highest BCUT2D eigenvalue weighted by Gasteiger charge is 2.20. The molecule has 3 heterocycles. The summed E-state index contributed by atoms with van der Waals surface area (Å²) in [6.45, 7) is 6.92. The van der Waals surface area contributed by atoms with Crippen LogP contribution in [0.5, 0.6) is 5.75 Å². The molecule has 2 aromatic carbocycles. The summed E-state index contributed by atoms with van der Waals surface area (Å²) in [4.78, 5) is 25.7. The molecular weight excluding hydrogens is 520 g/mol. The number of carbonyl (C=O) groups is 1. The van der Waals surface area contributed by atoms with Gasteiger partial charge in [0.1, 0.15) is 5.75 Å². The van der Waals surface area contributed by atoms with Crippen molar-refractivity contribution in [3.8, 4) is 22.8 Å². The summed E-state index contributed by atoms with van der Waals surface area (Å²) >= 11 is 0. The molecule has 4 aromatic rings. The minimum absolute atomic E-state index is 0.310. The maximum Gasteiger partial charge on any atom is 0.247 e. The molecule has 5 rings (SSSR count). The van der Waals surface area contributed by atoms with Crippen molar-refractivity contribution in [1.29, 1.82) is 0 Å². The van der Waals surface area contributed by atoms with E-state index in [1.165, 1.54) is 6.08 Å². The van der Waals surface area contributed by atoms with Crippen molar-refractivity contribution in [2.45, 2.75) is 6.54 Å². The van der Waals surface area contributed by atoms with Gasteiger partial charge in [0.05, 0.1) is 43.1 Å². The zero-order valence-corrected chi connectivity index (χ0v) is 23.5. The quantitative estimate of drug-likeness (QED) is 0.280. The maximum absolute atomic E-state index is 12.3. The molecule has 11 heteroatoms. The van der Waals surface area contributed by atoms with Crippen LogP contribution in [0.2, 0.25) is 0 Å². The van der Waals surface area contributed by atoms with E-state index in [4.69, 9.17) is 19.6 Å². The zero-order chi connectivity index (χ0) is 28.8. The predicted octanol–water partition coefficient (Wildman–Crippen LogP) is 4.10. The Labute approximate surface area is 239 Å². The number of morpholine rings is 1. The molecule has 41 heavy (non-hydrogen) atoms. The molecule has 11 nitrogen and oxygen atoms in total. The Balaban J connectivity index is 1.49. The molecule has 0 bridgehead atoms. The summed E-state index contributed by atoms with van der Waals surface area (Å²) in [7, 11) is 5.66. The van der Waals surface area contributed by atoms with Gasteiger partial charge in [-0.1, -0.05) is 36.9 Å². The Morgan fingerprint density at radius 1 is 1.15 bits per heavy atom.